The normalized spacial score (nSPS) is 14.1. The fraction of sp³-hybridized carbons (Fsp3) is 0.222. The Morgan fingerprint density at radius 3 is 2.82 bits per heavy atom. The van der Waals surface area contributed by atoms with Crippen molar-refractivity contribution in [3.05, 3.63) is 58.7 Å². The van der Waals surface area contributed by atoms with E-state index in [9.17, 15) is 4.79 Å². The average Bonchev–Trinajstić information content (AvgIpc) is 2.54. The van der Waals surface area contributed by atoms with Gasteiger partial charge in [-0.3, -0.25) is 0 Å². The van der Waals surface area contributed by atoms with E-state index in [0.717, 1.165) is 30.3 Å². The Bertz CT molecular complexity index is 900. The zero-order valence-electron chi connectivity index (χ0n) is 12.4. The fourth-order valence-corrected chi connectivity index (χ4v) is 3.15. The number of nitrogens with one attached hydrogen (secondary N) is 1. The summed E-state index contributed by atoms with van der Waals surface area (Å²) < 4.78 is 5.57. The number of hydrogen-bond acceptors (Lipinski definition) is 3. The molecule has 3 heterocycles. The zero-order valence-corrected chi connectivity index (χ0v) is 12.4. The van der Waals surface area contributed by atoms with Crippen LogP contribution in [0.4, 0.5) is 5.69 Å². The van der Waals surface area contributed by atoms with Gasteiger partial charge in [-0.2, -0.15) is 0 Å². The molecule has 4 heteroatoms. The lowest BCUT2D eigenvalue weighted by molar-refractivity contribution is -0.377. The van der Waals surface area contributed by atoms with E-state index in [2.05, 4.69) is 23.0 Å². The van der Waals surface area contributed by atoms with Crippen LogP contribution in [0.15, 0.2) is 51.9 Å². The van der Waals surface area contributed by atoms with E-state index in [1.165, 1.54) is 11.3 Å². The van der Waals surface area contributed by atoms with Gasteiger partial charge in [-0.05, 0) is 30.5 Å². The van der Waals surface area contributed by atoms with E-state index in [1.54, 1.807) is 12.4 Å². The van der Waals surface area contributed by atoms with E-state index < -0.39 is 0 Å². The monoisotopic (exact) mass is 293 g/mol. The molecule has 1 aromatic carbocycles. The second-order valence-corrected chi connectivity index (χ2v) is 5.78. The molecule has 0 atom stereocenters. The molecule has 0 amide bonds. The Morgan fingerprint density at radius 2 is 2.00 bits per heavy atom. The molecule has 1 aliphatic heterocycles. The van der Waals surface area contributed by atoms with Crippen molar-refractivity contribution in [1.82, 2.24) is 0 Å². The third kappa shape index (κ3) is 2.08. The minimum atomic E-state index is -0.294. The number of benzene rings is 1. The summed E-state index contributed by atoms with van der Waals surface area (Å²) in [5, 5.41) is 0.983. The second kappa shape index (κ2) is 4.98. The van der Waals surface area contributed by atoms with E-state index in [1.807, 2.05) is 24.3 Å². The van der Waals surface area contributed by atoms with Gasteiger partial charge in [0.1, 0.15) is 5.58 Å². The summed E-state index contributed by atoms with van der Waals surface area (Å²) in [5.41, 5.74) is 4.32. The van der Waals surface area contributed by atoms with Gasteiger partial charge in [-0.15, -0.1) is 0 Å². The van der Waals surface area contributed by atoms with Gasteiger partial charge in [0.25, 0.3) is 0 Å². The Kier molecular flexibility index (Phi) is 2.96. The largest absolute Gasteiger partial charge is 0.422 e. The molecule has 0 saturated heterocycles. The predicted molar refractivity (Wildman–Crippen MR) is 86.1 cm³/mol. The Labute approximate surface area is 128 Å². The van der Waals surface area contributed by atoms with Crippen LogP contribution in [-0.4, -0.2) is 13.6 Å². The maximum Gasteiger partial charge on any atom is 0.344 e. The molecule has 0 bridgehead atoms. The number of hydrogen-bond donors (Lipinski definition) is 0. The standard InChI is InChI=1S/C18H16N2O2/c1-20-8-2-3-13-9-14-10-15(12-4-6-19-7-5-12)18(21)22-17(14)11-16(13)20/h4-7,9-11H,2-3,8H2,1H3/p+1. The highest BCUT2D eigenvalue weighted by molar-refractivity contribution is 5.86. The third-order valence-electron chi connectivity index (χ3n) is 4.31. The summed E-state index contributed by atoms with van der Waals surface area (Å²) in [6.45, 7) is 1.04. The van der Waals surface area contributed by atoms with E-state index in [4.69, 9.17) is 4.42 Å². The number of aromatic amines is 1. The number of aromatic nitrogens is 1. The van der Waals surface area contributed by atoms with Crippen LogP contribution in [0.1, 0.15) is 12.0 Å². The lowest BCUT2D eigenvalue weighted by atomic mass is 9.99. The third-order valence-corrected chi connectivity index (χ3v) is 4.31. The van der Waals surface area contributed by atoms with Crippen LogP contribution in [0.25, 0.3) is 22.1 Å². The van der Waals surface area contributed by atoms with Gasteiger partial charge >= 0.3 is 5.63 Å². The number of rotatable bonds is 1. The number of fused-ring (bicyclic) bond motifs is 2. The van der Waals surface area contributed by atoms with Crippen LogP contribution in [0, 0.1) is 0 Å². The number of nitrogens with zero attached hydrogens (tertiary/aromatic N) is 1. The van der Waals surface area contributed by atoms with Crippen molar-refractivity contribution < 1.29 is 9.40 Å². The predicted octanol–water partition coefficient (Wildman–Crippen LogP) is 2.66. The lowest BCUT2D eigenvalue weighted by Gasteiger charge is -2.27. The summed E-state index contributed by atoms with van der Waals surface area (Å²) in [4.78, 5) is 17.5. The molecule has 0 fully saturated rings. The lowest BCUT2D eigenvalue weighted by Crippen LogP contribution is -2.24. The Hall–Kier alpha value is -2.62. The first kappa shape index (κ1) is 13.1. The summed E-state index contributed by atoms with van der Waals surface area (Å²) in [5.74, 6) is 0. The van der Waals surface area contributed by atoms with Gasteiger partial charge in [0.05, 0.1) is 5.56 Å². The van der Waals surface area contributed by atoms with Gasteiger partial charge < -0.3 is 9.32 Å². The molecule has 3 aromatic rings. The Morgan fingerprint density at radius 1 is 1.18 bits per heavy atom. The van der Waals surface area contributed by atoms with Crippen molar-refractivity contribution >= 4 is 16.7 Å². The molecule has 0 radical (unpaired) electrons. The Balaban J connectivity index is 1.95. The number of anilines is 1. The molecular weight excluding hydrogens is 276 g/mol. The molecule has 0 saturated carbocycles. The van der Waals surface area contributed by atoms with Crippen molar-refractivity contribution in [2.24, 2.45) is 0 Å². The van der Waals surface area contributed by atoms with Crippen LogP contribution in [0.5, 0.6) is 0 Å². The number of H-pyrrole nitrogens is 1. The molecule has 4 nitrogen and oxygen atoms in total. The molecular formula is C18H17N2O2+. The van der Waals surface area contributed by atoms with Crippen molar-refractivity contribution in [3.63, 3.8) is 0 Å². The van der Waals surface area contributed by atoms with E-state index in [0.29, 0.717) is 11.1 Å². The highest BCUT2D eigenvalue weighted by atomic mass is 16.4. The maximum absolute atomic E-state index is 12.3. The molecule has 4 rings (SSSR count). The minimum absolute atomic E-state index is 0.294. The quantitative estimate of drug-likeness (QED) is 0.648. The van der Waals surface area contributed by atoms with Gasteiger partial charge in [-0.1, -0.05) is 0 Å². The second-order valence-electron chi connectivity index (χ2n) is 5.78. The number of aryl methyl sites for hydroxylation is 1. The molecule has 0 unspecified atom stereocenters. The first-order valence-electron chi connectivity index (χ1n) is 7.51. The summed E-state index contributed by atoms with van der Waals surface area (Å²) in [6, 6.07) is 9.84. The van der Waals surface area contributed by atoms with E-state index in [-0.39, 0.29) is 5.63 Å². The van der Waals surface area contributed by atoms with Crippen LogP contribution in [-0.2, 0) is 6.42 Å². The topological polar surface area (TPSA) is 47.6 Å². The van der Waals surface area contributed by atoms with Gasteiger partial charge in [0.15, 0.2) is 12.4 Å². The first-order chi connectivity index (χ1) is 10.7. The molecule has 2 aromatic heterocycles. The fourth-order valence-electron chi connectivity index (χ4n) is 3.15. The highest BCUT2D eigenvalue weighted by Gasteiger charge is 2.16. The highest BCUT2D eigenvalue weighted by Crippen LogP contribution is 2.31. The zero-order chi connectivity index (χ0) is 15.1. The van der Waals surface area contributed by atoms with Crippen molar-refractivity contribution in [2.75, 3.05) is 18.5 Å². The summed E-state index contributed by atoms with van der Waals surface area (Å²) in [7, 11) is 2.08. The van der Waals surface area contributed by atoms with Crippen LogP contribution >= 0.6 is 0 Å². The van der Waals surface area contributed by atoms with Crippen LogP contribution < -0.4 is 15.5 Å². The van der Waals surface area contributed by atoms with Crippen LogP contribution in [0.2, 0.25) is 0 Å². The molecule has 0 spiro atoms. The van der Waals surface area contributed by atoms with Gasteiger partial charge in [-0.25, -0.2) is 9.78 Å². The van der Waals surface area contributed by atoms with Crippen molar-refractivity contribution in [3.8, 4) is 11.1 Å². The van der Waals surface area contributed by atoms with E-state index >= 15 is 0 Å². The number of pyridine rings is 1. The van der Waals surface area contributed by atoms with Gasteiger partial charge in [0.2, 0.25) is 0 Å². The van der Waals surface area contributed by atoms with Gasteiger partial charge in [0, 0.05) is 48.4 Å². The minimum Gasteiger partial charge on any atom is -0.422 e. The smallest absolute Gasteiger partial charge is 0.344 e. The SMILES string of the molecule is CN1CCCc2cc3cc(-c4cc[nH+]cc4)c(=O)oc3cc21. The summed E-state index contributed by atoms with van der Waals surface area (Å²) in [6.07, 6.45) is 5.85. The maximum atomic E-state index is 12.3. The molecule has 1 aliphatic rings. The molecule has 110 valence electrons. The van der Waals surface area contributed by atoms with Crippen molar-refractivity contribution in [2.45, 2.75) is 12.8 Å². The summed E-state index contributed by atoms with van der Waals surface area (Å²) >= 11 is 0. The van der Waals surface area contributed by atoms with Crippen LogP contribution in [0.3, 0.4) is 0 Å². The van der Waals surface area contributed by atoms with Crippen molar-refractivity contribution in [1.29, 1.82) is 0 Å². The molecule has 22 heavy (non-hydrogen) atoms. The average molecular weight is 293 g/mol. The molecule has 0 aliphatic carbocycles. The first-order valence-corrected chi connectivity index (χ1v) is 7.51. The molecule has 1 N–H and O–H groups in total.